The molecule has 140 valence electrons. The summed E-state index contributed by atoms with van der Waals surface area (Å²) < 4.78 is 24.8. The van der Waals surface area contributed by atoms with Gasteiger partial charge in [0.05, 0.1) is 11.5 Å². The maximum atomic E-state index is 12.4. The molecule has 3 heterocycles. The summed E-state index contributed by atoms with van der Waals surface area (Å²) in [5.41, 5.74) is 1.43. The van der Waals surface area contributed by atoms with Gasteiger partial charge >= 0.3 is 0 Å². The summed E-state index contributed by atoms with van der Waals surface area (Å²) in [6.45, 7) is 4.72. The Balaban J connectivity index is 1.50. The molecule has 2 saturated heterocycles. The zero-order valence-electron chi connectivity index (χ0n) is 15.1. The topological polar surface area (TPSA) is 84.3 Å². The van der Waals surface area contributed by atoms with Crippen LogP contribution < -0.4 is 5.32 Å². The normalized spacial score (nSPS) is 25.0. The molecule has 0 saturated carbocycles. The minimum Gasteiger partial charge on any atom is -0.347 e. The van der Waals surface area contributed by atoms with Crippen molar-refractivity contribution in [1.82, 2.24) is 20.0 Å². The van der Waals surface area contributed by atoms with E-state index >= 15 is 0 Å². The minimum atomic E-state index is -2.80. The summed E-state index contributed by atoms with van der Waals surface area (Å²) in [7, 11) is -0.968. The van der Waals surface area contributed by atoms with Gasteiger partial charge in [-0.15, -0.1) is 0 Å². The molecule has 2 aliphatic heterocycles. The Labute approximate surface area is 149 Å². The van der Waals surface area contributed by atoms with Crippen LogP contribution in [0.3, 0.4) is 0 Å². The third-order valence-corrected chi connectivity index (χ3v) is 7.09. The summed E-state index contributed by atoms with van der Waals surface area (Å²) in [6.07, 6.45) is 3.57. The molecule has 0 aliphatic carbocycles. The highest BCUT2D eigenvalue weighted by Gasteiger charge is 2.28. The maximum absolute atomic E-state index is 12.4. The second kappa shape index (κ2) is 7.45. The number of piperidine rings is 1. The van der Waals surface area contributed by atoms with E-state index in [1.54, 1.807) is 10.7 Å². The Morgan fingerprint density at radius 2 is 2.04 bits per heavy atom. The third kappa shape index (κ3) is 4.82. The van der Waals surface area contributed by atoms with Crippen LogP contribution in [0.1, 0.15) is 41.9 Å². The number of hydrogen-bond donors (Lipinski definition) is 1. The molecule has 0 spiro atoms. The van der Waals surface area contributed by atoms with Crippen LogP contribution in [0.25, 0.3) is 0 Å². The summed E-state index contributed by atoms with van der Waals surface area (Å²) in [5, 5.41) is 7.34. The molecule has 3 rings (SSSR count). The van der Waals surface area contributed by atoms with Gasteiger partial charge in [-0.25, -0.2) is 8.42 Å². The fraction of sp³-hybridized carbons (Fsp3) is 0.765. The van der Waals surface area contributed by atoms with Gasteiger partial charge in [0.1, 0.15) is 15.5 Å². The third-order valence-electron chi connectivity index (χ3n) is 5.38. The maximum Gasteiger partial charge on any atom is 0.272 e. The first kappa shape index (κ1) is 18.4. The first-order valence-corrected chi connectivity index (χ1v) is 10.9. The Hall–Kier alpha value is -1.41. The molecule has 25 heavy (non-hydrogen) atoms. The van der Waals surface area contributed by atoms with Gasteiger partial charge in [-0.05, 0) is 51.1 Å². The molecule has 1 aromatic rings. The lowest BCUT2D eigenvalue weighted by Crippen LogP contribution is -2.49. The van der Waals surface area contributed by atoms with Crippen LogP contribution >= 0.6 is 0 Å². The van der Waals surface area contributed by atoms with Gasteiger partial charge in [-0.2, -0.15) is 5.10 Å². The number of hydrogen-bond acceptors (Lipinski definition) is 5. The molecule has 0 bridgehead atoms. The number of likely N-dealkylation sites (tertiary alicyclic amines) is 1. The lowest BCUT2D eigenvalue weighted by atomic mass is 9.99. The van der Waals surface area contributed by atoms with Crippen LogP contribution in [0.15, 0.2) is 6.07 Å². The zero-order chi connectivity index (χ0) is 18.0. The molecule has 7 nitrogen and oxygen atoms in total. The van der Waals surface area contributed by atoms with Gasteiger partial charge < -0.3 is 10.2 Å². The fourth-order valence-electron chi connectivity index (χ4n) is 3.76. The van der Waals surface area contributed by atoms with Crippen molar-refractivity contribution < 1.29 is 13.2 Å². The number of sulfone groups is 1. The smallest absolute Gasteiger partial charge is 0.272 e. The van der Waals surface area contributed by atoms with E-state index in [9.17, 15) is 13.2 Å². The highest BCUT2D eigenvalue weighted by atomic mass is 32.2. The Kier molecular flexibility index (Phi) is 5.48. The monoisotopic (exact) mass is 368 g/mol. The minimum absolute atomic E-state index is 0.112. The lowest BCUT2D eigenvalue weighted by Gasteiger charge is -2.36. The number of nitrogens with zero attached hydrogens (tertiary/aromatic N) is 3. The first-order chi connectivity index (χ1) is 11.8. The number of amides is 1. The summed E-state index contributed by atoms with van der Waals surface area (Å²) in [4.78, 5) is 14.8. The molecule has 2 aliphatic rings. The van der Waals surface area contributed by atoms with Crippen LogP contribution in [0.5, 0.6) is 0 Å². The van der Waals surface area contributed by atoms with Gasteiger partial charge in [0.15, 0.2) is 0 Å². The average molecular weight is 369 g/mol. The predicted octanol–water partition coefficient (Wildman–Crippen LogP) is 0.748. The predicted molar refractivity (Wildman–Crippen MR) is 96.3 cm³/mol. The van der Waals surface area contributed by atoms with E-state index in [0.29, 0.717) is 23.1 Å². The van der Waals surface area contributed by atoms with Gasteiger partial charge in [0, 0.05) is 31.9 Å². The number of carbonyl (C=O) groups excluding carboxylic acids is 1. The highest BCUT2D eigenvalue weighted by Crippen LogP contribution is 2.22. The largest absolute Gasteiger partial charge is 0.347 e. The van der Waals surface area contributed by atoms with Crippen molar-refractivity contribution in [3.05, 3.63) is 17.5 Å². The average Bonchev–Trinajstić information content (AvgIpc) is 2.89. The van der Waals surface area contributed by atoms with Gasteiger partial charge in [-0.3, -0.25) is 9.48 Å². The number of aromatic nitrogens is 2. The van der Waals surface area contributed by atoms with Crippen LogP contribution in [0.2, 0.25) is 0 Å². The molecule has 0 radical (unpaired) electrons. The van der Waals surface area contributed by atoms with Crippen LogP contribution in [-0.2, 0) is 16.9 Å². The van der Waals surface area contributed by atoms with Crippen LogP contribution in [-0.4, -0.2) is 66.2 Å². The van der Waals surface area contributed by atoms with E-state index in [4.69, 9.17) is 0 Å². The lowest BCUT2D eigenvalue weighted by molar-refractivity contribution is 0.0888. The van der Waals surface area contributed by atoms with Crippen LogP contribution in [0.4, 0.5) is 0 Å². The Bertz CT molecular complexity index is 695. The van der Waals surface area contributed by atoms with E-state index in [2.05, 4.69) is 15.3 Å². The SMILES string of the molecule is Cc1cc(C(=O)NC2CCCN(CC3CCS(=O)(=O)CC3)C2)nn1C. The highest BCUT2D eigenvalue weighted by molar-refractivity contribution is 7.91. The van der Waals surface area contributed by atoms with E-state index in [1.807, 2.05) is 14.0 Å². The molecular formula is C17H28N4O3S. The molecular weight excluding hydrogens is 340 g/mol. The number of carbonyl (C=O) groups is 1. The van der Waals surface area contributed by atoms with Crippen molar-refractivity contribution in [2.45, 2.75) is 38.6 Å². The van der Waals surface area contributed by atoms with Gasteiger partial charge in [-0.1, -0.05) is 0 Å². The Morgan fingerprint density at radius 3 is 2.68 bits per heavy atom. The molecule has 0 aromatic carbocycles. The molecule has 8 heteroatoms. The van der Waals surface area contributed by atoms with Crippen molar-refractivity contribution in [3.63, 3.8) is 0 Å². The standard InChI is InChI=1S/C17H28N4O3S/c1-13-10-16(19-20(13)2)17(22)18-15-4-3-7-21(12-15)11-14-5-8-25(23,24)9-6-14/h10,14-15H,3-9,11-12H2,1-2H3,(H,18,22). The molecule has 1 unspecified atom stereocenters. The van der Waals surface area contributed by atoms with Crippen LogP contribution in [0, 0.1) is 12.8 Å². The summed E-state index contributed by atoms with van der Waals surface area (Å²) >= 11 is 0. The quantitative estimate of drug-likeness (QED) is 0.848. The second-order valence-electron chi connectivity index (χ2n) is 7.46. The van der Waals surface area contributed by atoms with Crippen molar-refractivity contribution >= 4 is 15.7 Å². The molecule has 1 atom stereocenters. The molecule has 1 N–H and O–H groups in total. The number of rotatable bonds is 4. The Morgan fingerprint density at radius 1 is 1.32 bits per heavy atom. The summed E-state index contributed by atoms with van der Waals surface area (Å²) in [5.74, 6) is 0.991. The number of nitrogens with one attached hydrogen (secondary N) is 1. The van der Waals surface area contributed by atoms with Crippen molar-refractivity contribution in [3.8, 4) is 0 Å². The van der Waals surface area contributed by atoms with Crippen molar-refractivity contribution in [2.24, 2.45) is 13.0 Å². The second-order valence-corrected chi connectivity index (χ2v) is 9.77. The summed E-state index contributed by atoms with van der Waals surface area (Å²) in [6, 6.07) is 1.94. The first-order valence-electron chi connectivity index (χ1n) is 9.07. The van der Waals surface area contributed by atoms with Gasteiger partial charge in [0.25, 0.3) is 5.91 Å². The van der Waals surface area contributed by atoms with E-state index < -0.39 is 9.84 Å². The van der Waals surface area contributed by atoms with E-state index in [1.165, 1.54) is 0 Å². The van der Waals surface area contributed by atoms with Gasteiger partial charge in [0.2, 0.25) is 0 Å². The van der Waals surface area contributed by atoms with E-state index in [0.717, 1.165) is 51.0 Å². The van der Waals surface area contributed by atoms with Crippen molar-refractivity contribution in [1.29, 1.82) is 0 Å². The zero-order valence-corrected chi connectivity index (χ0v) is 15.9. The fourth-order valence-corrected chi connectivity index (χ4v) is 5.35. The van der Waals surface area contributed by atoms with Crippen molar-refractivity contribution in [2.75, 3.05) is 31.1 Å². The molecule has 1 amide bonds. The molecule has 2 fully saturated rings. The number of aryl methyl sites for hydroxylation is 2. The molecule has 1 aromatic heterocycles. The van der Waals surface area contributed by atoms with E-state index in [-0.39, 0.29) is 11.9 Å².